The summed E-state index contributed by atoms with van der Waals surface area (Å²) in [7, 11) is -3.35. The highest BCUT2D eigenvalue weighted by molar-refractivity contribution is 7.90. The molecule has 0 aromatic heterocycles. The number of ether oxygens (including phenoxy) is 1. The van der Waals surface area contributed by atoms with Crippen molar-refractivity contribution in [2.45, 2.75) is 25.2 Å². The van der Waals surface area contributed by atoms with Gasteiger partial charge in [-0.3, -0.25) is 4.79 Å². The van der Waals surface area contributed by atoms with Gasteiger partial charge in [-0.25, -0.2) is 8.42 Å². The van der Waals surface area contributed by atoms with Crippen LogP contribution in [0.3, 0.4) is 0 Å². The number of sulfone groups is 1. The zero-order valence-electron chi connectivity index (χ0n) is 11.9. The summed E-state index contributed by atoms with van der Waals surface area (Å²) in [6.45, 7) is 4.45. The van der Waals surface area contributed by atoms with Gasteiger partial charge in [0.25, 0.3) is 0 Å². The second-order valence-corrected chi connectivity index (χ2v) is 7.04. The van der Waals surface area contributed by atoms with Crippen molar-refractivity contribution in [2.24, 2.45) is 0 Å². The van der Waals surface area contributed by atoms with E-state index in [0.717, 1.165) is 29.4 Å². The number of hydrogen-bond acceptors (Lipinski definition) is 4. The fraction of sp³-hybridized carbons (Fsp3) is 0.400. The van der Waals surface area contributed by atoms with Gasteiger partial charge in [-0.05, 0) is 49.1 Å². The minimum Gasteiger partial charge on any atom is -0.377 e. The maximum Gasteiger partial charge on any atom is 0.175 e. The van der Waals surface area contributed by atoms with Crippen LogP contribution in [-0.2, 0) is 14.6 Å². The summed E-state index contributed by atoms with van der Waals surface area (Å²) in [5.74, 6) is -0.123. The molecule has 0 amide bonds. The molecule has 0 fully saturated rings. The lowest BCUT2D eigenvalue weighted by molar-refractivity contribution is 0.101. The minimum atomic E-state index is -3.35. The predicted molar refractivity (Wildman–Crippen MR) is 77.7 cm³/mol. The Morgan fingerprint density at radius 1 is 1.30 bits per heavy atom. The second kappa shape index (κ2) is 5.50. The number of benzene rings is 1. The van der Waals surface area contributed by atoms with E-state index in [1.165, 1.54) is 13.0 Å². The Balaban J connectivity index is 2.69. The number of carbonyl (C=O) groups excluding carboxylic acids is 1. The molecule has 1 aromatic carbocycles. The first-order valence-electron chi connectivity index (χ1n) is 6.43. The highest BCUT2D eigenvalue weighted by atomic mass is 32.2. The van der Waals surface area contributed by atoms with Gasteiger partial charge < -0.3 is 4.74 Å². The van der Waals surface area contributed by atoms with E-state index in [4.69, 9.17) is 4.74 Å². The lowest BCUT2D eigenvalue weighted by Crippen LogP contribution is -2.09. The van der Waals surface area contributed by atoms with Gasteiger partial charge in [-0.2, -0.15) is 0 Å². The monoisotopic (exact) mass is 294 g/mol. The van der Waals surface area contributed by atoms with E-state index in [0.29, 0.717) is 18.8 Å². The van der Waals surface area contributed by atoms with Crippen molar-refractivity contribution in [3.8, 4) is 0 Å². The smallest absolute Gasteiger partial charge is 0.175 e. The van der Waals surface area contributed by atoms with Crippen LogP contribution in [0.15, 0.2) is 23.1 Å². The molecule has 1 heterocycles. The van der Waals surface area contributed by atoms with Crippen molar-refractivity contribution in [3.63, 3.8) is 0 Å². The molecule has 4 nitrogen and oxygen atoms in total. The molecule has 1 aromatic rings. The summed E-state index contributed by atoms with van der Waals surface area (Å²) in [5, 5.41) is 0. The van der Waals surface area contributed by atoms with Crippen LogP contribution >= 0.6 is 0 Å². The molecule has 0 bridgehead atoms. The Morgan fingerprint density at radius 3 is 2.50 bits per heavy atom. The van der Waals surface area contributed by atoms with Crippen molar-refractivity contribution in [3.05, 3.63) is 34.9 Å². The van der Waals surface area contributed by atoms with Crippen LogP contribution in [-0.4, -0.2) is 33.7 Å². The third-order valence-electron chi connectivity index (χ3n) is 3.50. The van der Waals surface area contributed by atoms with Crippen LogP contribution in [0.4, 0.5) is 0 Å². The quantitative estimate of drug-likeness (QED) is 0.803. The Morgan fingerprint density at radius 2 is 2.00 bits per heavy atom. The van der Waals surface area contributed by atoms with Crippen molar-refractivity contribution >= 4 is 21.2 Å². The maximum atomic E-state index is 11.8. The van der Waals surface area contributed by atoms with Gasteiger partial charge in [0.05, 0.1) is 18.1 Å². The first-order valence-corrected chi connectivity index (χ1v) is 8.32. The molecular formula is C15H18O4S. The van der Waals surface area contributed by atoms with Crippen LogP contribution in [0.5, 0.6) is 0 Å². The third-order valence-corrected chi connectivity index (χ3v) is 4.59. The minimum absolute atomic E-state index is 0.123. The van der Waals surface area contributed by atoms with Crippen LogP contribution in [0.2, 0.25) is 0 Å². The normalized spacial score (nSPS) is 15.8. The molecule has 0 aliphatic carbocycles. The predicted octanol–water partition coefficient (Wildman–Crippen LogP) is 2.40. The van der Waals surface area contributed by atoms with Gasteiger partial charge in [0.15, 0.2) is 15.6 Å². The van der Waals surface area contributed by atoms with Crippen LogP contribution in [0.25, 0.3) is 5.57 Å². The van der Waals surface area contributed by atoms with Crippen molar-refractivity contribution in [2.75, 3.05) is 19.5 Å². The van der Waals surface area contributed by atoms with E-state index in [9.17, 15) is 13.2 Å². The largest absolute Gasteiger partial charge is 0.377 e. The SMILES string of the molecule is CC(=O)c1cc(S(C)(=O)=O)cc(C2=CCOCC2)c1C. The van der Waals surface area contributed by atoms with Gasteiger partial charge >= 0.3 is 0 Å². The highest BCUT2D eigenvalue weighted by Gasteiger charge is 2.18. The van der Waals surface area contributed by atoms with E-state index in [1.807, 2.05) is 13.0 Å². The average molecular weight is 294 g/mol. The lowest BCUT2D eigenvalue weighted by Gasteiger charge is -2.18. The number of ketones is 1. The third kappa shape index (κ3) is 2.99. The lowest BCUT2D eigenvalue weighted by atomic mass is 9.92. The second-order valence-electron chi connectivity index (χ2n) is 5.03. The molecule has 1 aliphatic heterocycles. The zero-order chi connectivity index (χ0) is 14.9. The molecule has 0 radical (unpaired) electrons. The fourth-order valence-corrected chi connectivity index (χ4v) is 3.04. The Bertz CT molecular complexity index is 684. The summed E-state index contributed by atoms with van der Waals surface area (Å²) in [6.07, 6.45) is 3.83. The van der Waals surface area contributed by atoms with Crippen LogP contribution < -0.4 is 0 Å². The molecule has 0 spiro atoms. The van der Waals surface area contributed by atoms with Gasteiger partial charge in [0.2, 0.25) is 0 Å². The Labute approximate surface area is 119 Å². The van der Waals surface area contributed by atoms with Crippen LogP contribution in [0, 0.1) is 6.92 Å². The van der Waals surface area contributed by atoms with Gasteiger partial charge in [0, 0.05) is 11.8 Å². The Kier molecular flexibility index (Phi) is 4.11. The Hall–Kier alpha value is -1.46. The molecular weight excluding hydrogens is 276 g/mol. The van der Waals surface area contributed by atoms with Crippen molar-refractivity contribution < 1.29 is 17.9 Å². The standard InChI is InChI=1S/C15H18O4S/c1-10-14(11(2)16)8-13(20(3,17)18)9-15(10)12-4-6-19-7-5-12/h4,8-9H,5-7H2,1-3H3. The molecule has 1 aliphatic rings. The van der Waals surface area contributed by atoms with Crippen molar-refractivity contribution in [1.82, 2.24) is 0 Å². The maximum absolute atomic E-state index is 11.8. The zero-order valence-corrected chi connectivity index (χ0v) is 12.7. The van der Waals surface area contributed by atoms with E-state index in [-0.39, 0.29) is 10.7 Å². The first-order chi connectivity index (χ1) is 9.30. The molecule has 0 saturated carbocycles. The van der Waals surface area contributed by atoms with Crippen LogP contribution in [0.1, 0.15) is 34.8 Å². The van der Waals surface area contributed by atoms with Gasteiger partial charge in [-0.1, -0.05) is 6.08 Å². The molecule has 0 N–H and O–H groups in total. The summed E-state index contributed by atoms with van der Waals surface area (Å²) in [4.78, 5) is 11.9. The number of hydrogen-bond donors (Lipinski definition) is 0. The summed E-state index contributed by atoms with van der Waals surface area (Å²) >= 11 is 0. The molecule has 0 saturated heterocycles. The summed E-state index contributed by atoms with van der Waals surface area (Å²) in [6, 6.07) is 3.13. The molecule has 2 rings (SSSR count). The molecule has 108 valence electrons. The van der Waals surface area contributed by atoms with E-state index < -0.39 is 9.84 Å². The van der Waals surface area contributed by atoms with E-state index in [1.54, 1.807) is 6.07 Å². The number of Topliss-reactive ketones (excluding diaryl/α,β-unsaturated/α-hetero) is 1. The first kappa shape index (κ1) is 14.9. The highest BCUT2D eigenvalue weighted by Crippen LogP contribution is 2.29. The fourth-order valence-electron chi connectivity index (χ4n) is 2.37. The number of carbonyl (C=O) groups is 1. The van der Waals surface area contributed by atoms with E-state index >= 15 is 0 Å². The van der Waals surface area contributed by atoms with Gasteiger partial charge in [0.1, 0.15) is 0 Å². The molecule has 20 heavy (non-hydrogen) atoms. The topological polar surface area (TPSA) is 60.4 Å². The summed E-state index contributed by atoms with van der Waals surface area (Å²) in [5.41, 5.74) is 3.18. The molecule has 0 unspecified atom stereocenters. The van der Waals surface area contributed by atoms with Crippen molar-refractivity contribution in [1.29, 1.82) is 0 Å². The van der Waals surface area contributed by atoms with E-state index in [2.05, 4.69) is 0 Å². The van der Waals surface area contributed by atoms with Gasteiger partial charge in [-0.15, -0.1) is 0 Å². The molecule has 0 atom stereocenters. The average Bonchev–Trinajstić information content (AvgIpc) is 2.38. The number of rotatable bonds is 3. The molecule has 5 heteroatoms. The summed E-state index contributed by atoms with van der Waals surface area (Å²) < 4.78 is 28.9.